The largest absolute Gasteiger partial charge is 0.489 e. The highest BCUT2D eigenvalue weighted by atomic mass is 127. The molecule has 0 amide bonds. The van der Waals surface area contributed by atoms with E-state index in [1.165, 1.54) is 21.8 Å². The Hall–Kier alpha value is -1.99. The van der Waals surface area contributed by atoms with Crippen LogP contribution in [-0.4, -0.2) is 25.8 Å². The minimum Gasteiger partial charge on any atom is -0.489 e. The molecular formula is C33H35I2O5S+. The maximum Gasteiger partial charge on any atom is 0.196 e. The highest BCUT2D eigenvalue weighted by molar-refractivity contribution is 14.1. The van der Waals surface area contributed by atoms with Gasteiger partial charge in [0, 0.05) is 26.4 Å². The standard InChI is InChI=1S/C33H35I2O5S/c1-5-36-23(3)39-29-19-25(20-30(21-29)40-24(4)37-6-2)22-38-28-11-17-33(18-12-28)41(31-13-7-26(34)8-14-31)32-15-9-27(35)10-16-32/h7-21,23-24H,5-6,22H2,1-4H3/q+1. The molecule has 2 unspecified atom stereocenters. The average molecular weight is 798 g/mol. The summed E-state index contributed by atoms with van der Waals surface area (Å²) in [4.78, 5) is 3.81. The number of halogens is 2. The first-order chi connectivity index (χ1) is 19.8. The number of hydrogen-bond acceptors (Lipinski definition) is 5. The molecule has 0 aliphatic heterocycles. The molecule has 0 heterocycles. The van der Waals surface area contributed by atoms with Crippen molar-refractivity contribution in [3.05, 3.63) is 104 Å². The van der Waals surface area contributed by atoms with Crippen molar-refractivity contribution < 1.29 is 23.7 Å². The van der Waals surface area contributed by atoms with Crippen LogP contribution in [0.15, 0.2) is 106 Å². The molecule has 4 aromatic rings. The Morgan fingerprint density at radius 1 is 0.585 bits per heavy atom. The molecule has 0 saturated heterocycles. The molecule has 4 rings (SSSR count). The normalized spacial score (nSPS) is 12.7. The highest BCUT2D eigenvalue weighted by Gasteiger charge is 2.28. The zero-order valence-corrected chi connectivity index (χ0v) is 28.8. The smallest absolute Gasteiger partial charge is 0.196 e. The highest BCUT2D eigenvalue weighted by Crippen LogP contribution is 2.33. The van der Waals surface area contributed by atoms with Crippen LogP contribution in [0.25, 0.3) is 0 Å². The van der Waals surface area contributed by atoms with Crippen LogP contribution in [0.5, 0.6) is 17.2 Å². The Kier molecular flexibility index (Phi) is 12.5. The third-order valence-corrected chi connectivity index (χ3v) is 9.58. The lowest BCUT2D eigenvalue weighted by Gasteiger charge is -2.19. The van der Waals surface area contributed by atoms with Crippen LogP contribution in [0.4, 0.5) is 0 Å². The molecule has 0 fully saturated rings. The van der Waals surface area contributed by atoms with Crippen molar-refractivity contribution in [1.29, 1.82) is 0 Å². The van der Waals surface area contributed by atoms with Crippen LogP contribution in [0.3, 0.4) is 0 Å². The van der Waals surface area contributed by atoms with E-state index in [9.17, 15) is 0 Å². The molecule has 0 aliphatic rings. The SMILES string of the molecule is CCOC(C)Oc1cc(COc2ccc([S+](c3ccc(I)cc3)c3ccc(I)cc3)cc2)cc(OC(C)OCC)c1. The fourth-order valence-electron chi connectivity index (χ4n) is 4.16. The average Bonchev–Trinajstić information content (AvgIpc) is 2.95. The van der Waals surface area contributed by atoms with Crippen molar-refractivity contribution in [2.45, 2.75) is 61.6 Å². The number of benzene rings is 4. The fourth-order valence-corrected chi connectivity index (χ4v) is 6.92. The molecule has 0 aliphatic carbocycles. The van der Waals surface area contributed by atoms with E-state index in [2.05, 4.69) is 106 Å². The van der Waals surface area contributed by atoms with Crippen LogP contribution in [0, 0.1) is 7.14 Å². The van der Waals surface area contributed by atoms with Gasteiger partial charge in [-0.3, -0.25) is 0 Å². The van der Waals surface area contributed by atoms with Gasteiger partial charge in [0.05, 0.1) is 10.9 Å². The quantitative estimate of drug-likeness (QED) is 0.0725. The third-order valence-electron chi connectivity index (χ3n) is 5.91. The summed E-state index contributed by atoms with van der Waals surface area (Å²) in [6, 6.07) is 31.7. The van der Waals surface area contributed by atoms with E-state index in [1.54, 1.807) is 0 Å². The van der Waals surface area contributed by atoms with Gasteiger partial charge < -0.3 is 23.7 Å². The van der Waals surface area contributed by atoms with Gasteiger partial charge in [0.2, 0.25) is 0 Å². The number of rotatable bonds is 14. The monoisotopic (exact) mass is 797 g/mol. The predicted octanol–water partition coefficient (Wildman–Crippen LogP) is 9.09. The van der Waals surface area contributed by atoms with E-state index in [-0.39, 0.29) is 23.5 Å². The Balaban J connectivity index is 1.52. The van der Waals surface area contributed by atoms with Gasteiger partial charge >= 0.3 is 0 Å². The summed E-state index contributed by atoms with van der Waals surface area (Å²) in [6.45, 7) is 9.13. The van der Waals surface area contributed by atoms with Crippen LogP contribution >= 0.6 is 45.2 Å². The lowest BCUT2D eigenvalue weighted by Crippen LogP contribution is -2.18. The minimum absolute atomic E-state index is 0.220. The zero-order chi connectivity index (χ0) is 29.2. The summed E-state index contributed by atoms with van der Waals surface area (Å²) in [6.07, 6.45) is -0.758. The lowest BCUT2D eigenvalue weighted by molar-refractivity contribution is -0.0651. The molecule has 0 bridgehead atoms. The summed E-state index contributed by atoms with van der Waals surface area (Å²) in [5, 5.41) is 0. The van der Waals surface area contributed by atoms with Gasteiger partial charge in [-0.25, -0.2) is 0 Å². The molecule has 0 N–H and O–H groups in total. The van der Waals surface area contributed by atoms with Gasteiger partial charge in [-0.1, -0.05) is 0 Å². The van der Waals surface area contributed by atoms with E-state index in [0.29, 0.717) is 31.3 Å². The molecule has 0 spiro atoms. The molecule has 0 radical (unpaired) electrons. The van der Waals surface area contributed by atoms with Gasteiger partial charge in [0.15, 0.2) is 27.3 Å². The van der Waals surface area contributed by atoms with Crippen molar-refractivity contribution in [3.63, 3.8) is 0 Å². The van der Waals surface area contributed by atoms with Crippen LogP contribution in [0.1, 0.15) is 33.3 Å². The van der Waals surface area contributed by atoms with E-state index in [0.717, 1.165) is 11.3 Å². The van der Waals surface area contributed by atoms with Gasteiger partial charge in [-0.05, 0) is 163 Å². The van der Waals surface area contributed by atoms with E-state index < -0.39 is 0 Å². The van der Waals surface area contributed by atoms with Crippen LogP contribution in [0.2, 0.25) is 0 Å². The fraction of sp³-hybridized carbons (Fsp3) is 0.273. The topological polar surface area (TPSA) is 46.2 Å². The maximum atomic E-state index is 6.21. The first kappa shape index (κ1) is 31.9. The Labute approximate surface area is 273 Å². The van der Waals surface area contributed by atoms with Crippen LogP contribution in [-0.2, 0) is 27.0 Å². The second kappa shape index (κ2) is 16.0. The molecular weight excluding hydrogens is 762 g/mol. The predicted molar refractivity (Wildman–Crippen MR) is 181 cm³/mol. The van der Waals surface area contributed by atoms with Crippen molar-refractivity contribution in [2.24, 2.45) is 0 Å². The van der Waals surface area contributed by atoms with Gasteiger partial charge in [-0.2, -0.15) is 0 Å². The molecule has 216 valence electrons. The lowest BCUT2D eigenvalue weighted by atomic mass is 10.2. The summed E-state index contributed by atoms with van der Waals surface area (Å²) in [5.41, 5.74) is 0.923. The Morgan fingerprint density at radius 2 is 1.00 bits per heavy atom. The molecule has 0 saturated carbocycles. The van der Waals surface area contributed by atoms with Gasteiger partial charge in [-0.15, -0.1) is 0 Å². The van der Waals surface area contributed by atoms with Gasteiger partial charge in [0.1, 0.15) is 23.9 Å². The van der Waals surface area contributed by atoms with Crippen molar-refractivity contribution in [3.8, 4) is 17.2 Å². The zero-order valence-electron chi connectivity index (χ0n) is 23.6. The molecule has 41 heavy (non-hydrogen) atoms. The van der Waals surface area contributed by atoms with Crippen molar-refractivity contribution in [1.82, 2.24) is 0 Å². The Morgan fingerprint density at radius 3 is 1.41 bits per heavy atom. The summed E-state index contributed by atoms with van der Waals surface area (Å²) in [5.74, 6) is 2.10. The second-order valence-electron chi connectivity index (χ2n) is 9.07. The summed E-state index contributed by atoms with van der Waals surface area (Å²) in [7, 11) is -0.220. The van der Waals surface area contributed by atoms with E-state index in [4.69, 9.17) is 23.7 Å². The molecule has 2 atom stereocenters. The first-order valence-corrected chi connectivity index (χ1v) is 16.9. The number of ether oxygens (including phenoxy) is 5. The molecule has 4 aromatic carbocycles. The van der Waals surface area contributed by atoms with Gasteiger partial charge in [0.25, 0.3) is 0 Å². The summed E-state index contributed by atoms with van der Waals surface area (Å²) >= 11 is 4.70. The number of hydrogen-bond donors (Lipinski definition) is 0. The maximum absolute atomic E-state index is 6.21. The molecule has 0 aromatic heterocycles. The van der Waals surface area contributed by atoms with E-state index in [1.807, 2.05) is 58.0 Å². The molecule has 5 nitrogen and oxygen atoms in total. The Bertz CT molecular complexity index is 1290. The summed E-state index contributed by atoms with van der Waals surface area (Å²) < 4.78 is 31.7. The van der Waals surface area contributed by atoms with Crippen LogP contribution < -0.4 is 14.2 Å². The second-order valence-corrected chi connectivity index (χ2v) is 13.6. The minimum atomic E-state index is -0.379. The first-order valence-electron chi connectivity index (χ1n) is 13.5. The van der Waals surface area contributed by atoms with Crippen molar-refractivity contribution >= 4 is 56.1 Å². The van der Waals surface area contributed by atoms with E-state index >= 15 is 0 Å². The van der Waals surface area contributed by atoms with Crippen molar-refractivity contribution in [2.75, 3.05) is 13.2 Å². The third kappa shape index (κ3) is 9.77. The molecule has 8 heteroatoms.